The molecule has 0 fully saturated rings. The topological polar surface area (TPSA) is 77.1 Å². The molecule has 0 aliphatic rings. The van der Waals surface area contributed by atoms with Gasteiger partial charge in [0.25, 0.3) is 5.91 Å². The molecule has 0 bridgehead atoms. The van der Waals surface area contributed by atoms with E-state index in [1.54, 1.807) is 37.3 Å². The lowest BCUT2D eigenvalue weighted by Gasteiger charge is -2.28. The highest BCUT2D eigenvalue weighted by atomic mass is 35.5. The number of hydrogen-bond acceptors (Lipinski definition) is 5. The van der Waals surface area contributed by atoms with Gasteiger partial charge in [0.2, 0.25) is 5.91 Å². The number of benzene rings is 2. The quantitative estimate of drug-likeness (QED) is 0.567. The number of nitrogens with zero attached hydrogens (tertiary/aromatic N) is 1. The van der Waals surface area contributed by atoms with Gasteiger partial charge in [-0.1, -0.05) is 30.7 Å². The van der Waals surface area contributed by atoms with Crippen molar-refractivity contribution in [2.45, 2.75) is 32.9 Å². The SMILES string of the molecule is CCCNC(=O)C(C)N(Cc1ccc(Cl)cc1)C(=O)COc1cc(OC)cc(OC)c1. The van der Waals surface area contributed by atoms with Crippen LogP contribution in [0.4, 0.5) is 0 Å². The second kappa shape index (κ2) is 12.1. The maximum absolute atomic E-state index is 13.0. The van der Waals surface area contributed by atoms with Gasteiger partial charge in [0.1, 0.15) is 23.3 Å². The number of nitrogens with one attached hydrogen (secondary N) is 1. The summed E-state index contributed by atoms with van der Waals surface area (Å²) in [6.45, 7) is 4.23. The average Bonchev–Trinajstić information content (AvgIpc) is 2.79. The molecule has 2 amide bonds. The summed E-state index contributed by atoms with van der Waals surface area (Å²) in [5.41, 5.74) is 0.857. The summed E-state index contributed by atoms with van der Waals surface area (Å²) in [4.78, 5) is 27.1. The predicted octanol–water partition coefficient (Wildman–Crippen LogP) is 3.68. The van der Waals surface area contributed by atoms with Crippen molar-refractivity contribution in [2.24, 2.45) is 0 Å². The Morgan fingerprint density at radius 1 is 1.03 bits per heavy atom. The summed E-state index contributed by atoms with van der Waals surface area (Å²) in [5, 5.41) is 3.44. The average molecular weight is 449 g/mol. The van der Waals surface area contributed by atoms with Gasteiger partial charge in [-0.05, 0) is 31.0 Å². The number of rotatable bonds is 11. The Labute approximate surface area is 188 Å². The van der Waals surface area contributed by atoms with Crippen molar-refractivity contribution in [2.75, 3.05) is 27.4 Å². The monoisotopic (exact) mass is 448 g/mol. The van der Waals surface area contributed by atoms with E-state index in [1.807, 2.05) is 19.1 Å². The zero-order valence-corrected chi connectivity index (χ0v) is 19.1. The van der Waals surface area contributed by atoms with Crippen LogP contribution in [0.3, 0.4) is 0 Å². The fourth-order valence-electron chi connectivity index (χ4n) is 2.86. The van der Waals surface area contributed by atoms with Gasteiger partial charge in [0.15, 0.2) is 6.61 Å². The molecular weight excluding hydrogens is 420 g/mol. The van der Waals surface area contributed by atoms with Gasteiger partial charge in [0.05, 0.1) is 14.2 Å². The molecule has 7 nitrogen and oxygen atoms in total. The van der Waals surface area contributed by atoms with Gasteiger partial charge in [-0.3, -0.25) is 9.59 Å². The summed E-state index contributed by atoms with van der Waals surface area (Å²) in [6.07, 6.45) is 0.810. The number of carbonyl (C=O) groups excluding carboxylic acids is 2. The minimum absolute atomic E-state index is 0.216. The Morgan fingerprint density at radius 3 is 2.16 bits per heavy atom. The van der Waals surface area contributed by atoms with Gasteiger partial charge in [-0.2, -0.15) is 0 Å². The lowest BCUT2D eigenvalue weighted by molar-refractivity contribution is -0.142. The first-order valence-electron chi connectivity index (χ1n) is 10.1. The summed E-state index contributed by atoms with van der Waals surface area (Å²) >= 11 is 5.96. The minimum Gasteiger partial charge on any atom is -0.496 e. The van der Waals surface area contributed by atoms with E-state index < -0.39 is 6.04 Å². The zero-order chi connectivity index (χ0) is 22.8. The Bertz CT molecular complexity index is 851. The van der Waals surface area contributed by atoms with Gasteiger partial charge in [-0.15, -0.1) is 0 Å². The van der Waals surface area contributed by atoms with Crippen LogP contribution in [0, 0.1) is 0 Å². The molecular formula is C23H29ClN2O5. The Kier molecular flexibility index (Phi) is 9.46. The van der Waals surface area contributed by atoms with Crippen LogP contribution < -0.4 is 19.5 Å². The number of halogens is 1. The predicted molar refractivity (Wildman–Crippen MR) is 120 cm³/mol. The largest absolute Gasteiger partial charge is 0.496 e. The van der Waals surface area contributed by atoms with E-state index in [0.717, 1.165) is 12.0 Å². The Hall–Kier alpha value is -2.93. The van der Waals surface area contributed by atoms with E-state index >= 15 is 0 Å². The second-order valence-electron chi connectivity index (χ2n) is 6.95. The van der Waals surface area contributed by atoms with E-state index in [2.05, 4.69) is 5.32 Å². The van der Waals surface area contributed by atoms with Gasteiger partial charge < -0.3 is 24.4 Å². The minimum atomic E-state index is -0.668. The third-order valence-electron chi connectivity index (χ3n) is 4.67. The highest BCUT2D eigenvalue weighted by molar-refractivity contribution is 6.30. The van der Waals surface area contributed by atoms with Crippen LogP contribution in [0.5, 0.6) is 17.2 Å². The van der Waals surface area contributed by atoms with Gasteiger partial charge in [-0.25, -0.2) is 0 Å². The molecule has 0 heterocycles. The van der Waals surface area contributed by atoms with Crippen molar-refractivity contribution in [1.82, 2.24) is 10.2 Å². The molecule has 0 aromatic heterocycles. The van der Waals surface area contributed by atoms with Crippen LogP contribution in [-0.2, 0) is 16.1 Å². The van der Waals surface area contributed by atoms with Gasteiger partial charge >= 0.3 is 0 Å². The van der Waals surface area contributed by atoms with E-state index in [1.165, 1.54) is 19.1 Å². The third-order valence-corrected chi connectivity index (χ3v) is 4.92. The van der Waals surface area contributed by atoms with Crippen molar-refractivity contribution in [3.05, 3.63) is 53.1 Å². The van der Waals surface area contributed by atoms with Gasteiger partial charge in [0, 0.05) is 36.3 Å². The first-order chi connectivity index (χ1) is 14.9. The molecule has 8 heteroatoms. The van der Waals surface area contributed by atoms with E-state index in [9.17, 15) is 9.59 Å². The fourth-order valence-corrected chi connectivity index (χ4v) is 2.98. The first-order valence-corrected chi connectivity index (χ1v) is 10.4. The maximum Gasteiger partial charge on any atom is 0.261 e. The number of amides is 2. The van der Waals surface area contributed by atoms with Crippen molar-refractivity contribution in [3.63, 3.8) is 0 Å². The molecule has 0 saturated carbocycles. The Morgan fingerprint density at radius 2 is 1.61 bits per heavy atom. The van der Waals surface area contributed by atoms with E-state index in [-0.39, 0.29) is 25.0 Å². The van der Waals surface area contributed by atoms with Crippen molar-refractivity contribution >= 4 is 23.4 Å². The zero-order valence-electron chi connectivity index (χ0n) is 18.3. The van der Waals surface area contributed by atoms with Crippen LogP contribution >= 0.6 is 11.6 Å². The molecule has 0 saturated heterocycles. The smallest absolute Gasteiger partial charge is 0.261 e. The first kappa shape index (κ1) is 24.3. The molecule has 1 atom stereocenters. The molecule has 2 aromatic rings. The van der Waals surface area contributed by atoms with Crippen LogP contribution in [0.1, 0.15) is 25.8 Å². The molecule has 1 unspecified atom stereocenters. The van der Waals surface area contributed by atoms with Crippen LogP contribution in [0.2, 0.25) is 5.02 Å². The molecule has 0 spiro atoms. The van der Waals surface area contributed by atoms with Crippen molar-refractivity contribution < 1.29 is 23.8 Å². The number of ether oxygens (including phenoxy) is 3. The Balaban J connectivity index is 2.16. The van der Waals surface area contributed by atoms with Crippen molar-refractivity contribution in [1.29, 1.82) is 0 Å². The molecule has 2 rings (SSSR count). The lowest BCUT2D eigenvalue weighted by Crippen LogP contribution is -2.49. The summed E-state index contributed by atoms with van der Waals surface area (Å²) in [5.74, 6) is 0.987. The highest BCUT2D eigenvalue weighted by Crippen LogP contribution is 2.27. The van der Waals surface area contributed by atoms with Crippen molar-refractivity contribution in [3.8, 4) is 17.2 Å². The highest BCUT2D eigenvalue weighted by Gasteiger charge is 2.26. The van der Waals surface area contributed by atoms with Crippen LogP contribution in [0.25, 0.3) is 0 Å². The lowest BCUT2D eigenvalue weighted by atomic mass is 10.1. The summed E-state index contributed by atoms with van der Waals surface area (Å²) in [7, 11) is 3.07. The third kappa shape index (κ3) is 7.36. The van der Waals surface area contributed by atoms with E-state index in [4.69, 9.17) is 25.8 Å². The maximum atomic E-state index is 13.0. The molecule has 0 radical (unpaired) electrons. The number of hydrogen-bond donors (Lipinski definition) is 1. The normalized spacial score (nSPS) is 11.4. The van der Waals surface area contributed by atoms with E-state index in [0.29, 0.717) is 28.8 Å². The number of methoxy groups -OCH3 is 2. The molecule has 0 aliphatic carbocycles. The summed E-state index contributed by atoms with van der Waals surface area (Å²) in [6, 6.07) is 11.5. The number of carbonyl (C=O) groups is 2. The summed E-state index contributed by atoms with van der Waals surface area (Å²) < 4.78 is 16.2. The van der Waals surface area contributed by atoms with Crippen LogP contribution in [-0.4, -0.2) is 50.1 Å². The molecule has 31 heavy (non-hydrogen) atoms. The standard InChI is InChI=1S/C23H29ClN2O5/c1-5-10-25-23(28)16(2)26(14-17-6-8-18(24)9-7-17)22(27)15-31-21-12-19(29-3)11-20(13-21)30-4/h6-9,11-13,16H,5,10,14-15H2,1-4H3,(H,25,28). The second-order valence-corrected chi connectivity index (χ2v) is 7.39. The fraction of sp³-hybridized carbons (Fsp3) is 0.391. The molecule has 2 aromatic carbocycles. The molecule has 168 valence electrons. The van der Waals surface area contributed by atoms with Crippen LogP contribution in [0.15, 0.2) is 42.5 Å². The molecule has 1 N–H and O–H groups in total. The molecule has 0 aliphatic heterocycles.